The van der Waals surface area contributed by atoms with Crippen LogP contribution < -0.4 is 10.9 Å². The molecule has 0 bridgehead atoms. The number of thioether (sulfide) groups is 1. The third-order valence-corrected chi connectivity index (χ3v) is 6.14. The van der Waals surface area contributed by atoms with E-state index in [0.29, 0.717) is 53.1 Å². The normalized spacial score (nSPS) is 12.4. The second-order valence-electron chi connectivity index (χ2n) is 7.57. The highest BCUT2D eigenvalue weighted by Gasteiger charge is 2.21. The van der Waals surface area contributed by atoms with Gasteiger partial charge in [0, 0.05) is 36.9 Å². The summed E-state index contributed by atoms with van der Waals surface area (Å²) in [6.45, 7) is 9.31. The van der Waals surface area contributed by atoms with Crippen LogP contribution in [0.4, 0.5) is 5.82 Å². The van der Waals surface area contributed by atoms with Gasteiger partial charge >= 0.3 is 0 Å². The predicted molar refractivity (Wildman–Crippen MR) is 129 cm³/mol. The Morgan fingerprint density at radius 2 is 2.06 bits per heavy atom. The highest BCUT2D eigenvalue weighted by atomic mass is 35.5. The number of hydrogen-bond acceptors (Lipinski definition) is 6. The smallest absolute Gasteiger partial charge is 0.262 e. The van der Waals surface area contributed by atoms with Crippen LogP contribution in [0.15, 0.2) is 40.4 Å². The van der Waals surface area contributed by atoms with E-state index in [4.69, 9.17) is 16.3 Å². The first-order valence-corrected chi connectivity index (χ1v) is 11.9. The number of hydrogen-bond donors (Lipinski definition) is 1. The SMILES string of the molecule is CCOCCCn1c(SC(C)C(=O)Nc2ccnn2C(C)C)nc2cc(Cl)ccc2c1=O. The van der Waals surface area contributed by atoms with Gasteiger partial charge in [0.25, 0.3) is 5.56 Å². The maximum Gasteiger partial charge on any atom is 0.262 e. The van der Waals surface area contributed by atoms with Crippen molar-refractivity contribution in [3.05, 3.63) is 45.8 Å². The maximum absolute atomic E-state index is 13.2. The Hall–Kier alpha value is -2.36. The van der Waals surface area contributed by atoms with Crippen LogP contribution in [0.5, 0.6) is 0 Å². The van der Waals surface area contributed by atoms with Crippen molar-refractivity contribution in [1.29, 1.82) is 0 Å². The molecule has 1 atom stereocenters. The van der Waals surface area contributed by atoms with Crippen LogP contribution in [-0.4, -0.2) is 43.7 Å². The van der Waals surface area contributed by atoms with Crippen molar-refractivity contribution in [2.45, 2.75) is 57.1 Å². The minimum atomic E-state index is -0.493. The lowest BCUT2D eigenvalue weighted by Crippen LogP contribution is -2.28. The number of ether oxygens (including phenoxy) is 1. The van der Waals surface area contributed by atoms with E-state index in [1.807, 2.05) is 20.8 Å². The fourth-order valence-electron chi connectivity index (χ4n) is 3.19. The van der Waals surface area contributed by atoms with Crippen molar-refractivity contribution in [3.8, 4) is 0 Å². The first-order chi connectivity index (χ1) is 15.3. The predicted octanol–water partition coefficient (Wildman–Crippen LogP) is 4.37. The molecule has 172 valence electrons. The topological polar surface area (TPSA) is 91.0 Å². The fourth-order valence-corrected chi connectivity index (χ4v) is 4.30. The zero-order valence-corrected chi connectivity index (χ0v) is 20.2. The van der Waals surface area contributed by atoms with Crippen LogP contribution in [-0.2, 0) is 16.1 Å². The first kappa shape index (κ1) is 24.3. The maximum atomic E-state index is 13.2. The summed E-state index contributed by atoms with van der Waals surface area (Å²) >= 11 is 7.35. The van der Waals surface area contributed by atoms with Crippen molar-refractivity contribution in [3.63, 3.8) is 0 Å². The van der Waals surface area contributed by atoms with E-state index in [2.05, 4.69) is 15.4 Å². The van der Waals surface area contributed by atoms with Gasteiger partial charge in [-0.1, -0.05) is 23.4 Å². The van der Waals surface area contributed by atoms with Gasteiger partial charge in [-0.05, 0) is 52.3 Å². The van der Waals surface area contributed by atoms with Gasteiger partial charge in [-0.25, -0.2) is 9.67 Å². The molecule has 1 amide bonds. The summed E-state index contributed by atoms with van der Waals surface area (Å²) in [5.41, 5.74) is 0.354. The van der Waals surface area contributed by atoms with Crippen LogP contribution in [0, 0.1) is 0 Å². The Morgan fingerprint density at radius 3 is 2.78 bits per heavy atom. The zero-order chi connectivity index (χ0) is 23.3. The largest absolute Gasteiger partial charge is 0.382 e. The first-order valence-electron chi connectivity index (χ1n) is 10.6. The van der Waals surface area contributed by atoms with Gasteiger partial charge in [-0.15, -0.1) is 0 Å². The fraction of sp³-hybridized carbons (Fsp3) is 0.455. The molecule has 1 unspecified atom stereocenters. The Labute approximate surface area is 196 Å². The second kappa shape index (κ2) is 11.0. The van der Waals surface area contributed by atoms with Gasteiger partial charge in [0.15, 0.2) is 5.16 Å². The summed E-state index contributed by atoms with van der Waals surface area (Å²) in [5, 5.41) is 8.13. The van der Waals surface area contributed by atoms with E-state index in [1.165, 1.54) is 11.8 Å². The molecule has 0 saturated carbocycles. The minimum absolute atomic E-state index is 0.116. The molecule has 0 aliphatic heterocycles. The quantitative estimate of drug-likeness (QED) is 0.265. The van der Waals surface area contributed by atoms with Crippen molar-refractivity contribution < 1.29 is 9.53 Å². The molecule has 3 aromatic rings. The van der Waals surface area contributed by atoms with Gasteiger partial charge in [-0.2, -0.15) is 5.10 Å². The van der Waals surface area contributed by atoms with Gasteiger partial charge in [0.05, 0.1) is 22.3 Å². The third-order valence-electron chi connectivity index (χ3n) is 4.82. The molecule has 1 aromatic carbocycles. The van der Waals surface area contributed by atoms with E-state index in [-0.39, 0.29) is 17.5 Å². The van der Waals surface area contributed by atoms with Crippen LogP contribution >= 0.6 is 23.4 Å². The summed E-state index contributed by atoms with van der Waals surface area (Å²) in [6, 6.07) is 6.90. The monoisotopic (exact) mass is 477 g/mol. The number of halogens is 1. The number of nitrogens with zero attached hydrogens (tertiary/aromatic N) is 4. The van der Waals surface area contributed by atoms with E-state index < -0.39 is 5.25 Å². The molecule has 8 nitrogen and oxygen atoms in total. The lowest BCUT2D eigenvalue weighted by Gasteiger charge is -2.17. The number of benzene rings is 1. The van der Waals surface area contributed by atoms with Crippen molar-refractivity contribution in [2.75, 3.05) is 18.5 Å². The number of fused-ring (bicyclic) bond motifs is 1. The number of anilines is 1. The van der Waals surface area contributed by atoms with Crippen molar-refractivity contribution in [1.82, 2.24) is 19.3 Å². The second-order valence-corrected chi connectivity index (χ2v) is 9.31. The van der Waals surface area contributed by atoms with E-state index in [1.54, 1.807) is 46.6 Å². The Bertz CT molecular complexity index is 1140. The molecule has 0 fully saturated rings. The van der Waals surface area contributed by atoms with Gasteiger partial charge < -0.3 is 10.1 Å². The lowest BCUT2D eigenvalue weighted by atomic mass is 10.2. The van der Waals surface area contributed by atoms with E-state index in [9.17, 15) is 9.59 Å². The molecular formula is C22H28ClN5O3S. The summed E-state index contributed by atoms with van der Waals surface area (Å²) in [4.78, 5) is 30.7. The molecule has 10 heteroatoms. The van der Waals surface area contributed by atoms with Crippen molar-refractivity contribution in [2.24, 2.45) is 0 Å². The van der Waals surface area contributed by atoms with Gasteiger partial charge in [0.1, 0.15) is 5.82 Å². The summed E-state index contributed by atoms with van der Waals surface area (Å²) in [6.07, 6.45) is 2.31. The number of carbonyl (C=O) groups excluding carboxylic acids is 1. The standard InChI is InChI=1S/C22H28ClN5O3S/c1-5-31-12-6-11-27-21(30)17-8-7-16(23)13-18(17)25-22(27)32-15(4)20(29)26-19-9-10-24-28(19)14(2)3/h7-10,13-15H,5-6,11-12H2,1-4H3,(H,26,29). The summed E-state index contributed by atoms with van der Waals surface area (Å²) in [5.74, 6) is 0.434. The number of rotatable bonds is 10. The molecule has 32 heavy (non-hydrogen) atoms. The average Bonchev–Trinajstić information content (AvgIpc) is 3.21. The molecule has 0 radical (unpaired) electrons. The van der Waals surface area contributed by atoms with Gasteiger partial charge in [0.2, 0.25) is 5.91 Å². The van der Waals surface area contributed by atoms with E-state index in [0.717, 1.165) is 0 Å². The number of carbonyl (C=O) groups is 1. The number of aromatic nitrogens is 4. The molecule has 0 aliphatic rings. The Balaban J connectivity index is 1.87. The molecule has 0 aliphatic carbocycles. The highest BCUT2D eigenvalue weighted by molar-refractivity contribution is 8.00. The summed E-state index contributed by atoms with van der Waals surface area (Å²) in [7, 11) is 0. The molecule has 0 spiro atoms. The molecule has 2 heterocycles. The van der Waals surface area contributed by atoms with E-state index >= 15 is 0 Å². The van der Waals surface area contributed by atoms with Crippen LogP contribution in [0.3, 0.4) is 0 Å². The van der Waals surface area contributed by atoms with Crippen LogP contribution in [0.1, 0.15) is 40.2 Å². The minimum Gasteiger partial charge on any atom is -0.382 e. The molecule has 3 rings (SSSR count). The highest BCUT2D eigenvalue weighted by Crippen LogP contribution is 2.25. The molecule has 1 N–H and O–H groups in total. The number of nitrogens with one attached hydrogen (secondary N) is 1. The number of amides is 1. The third kappa shape index (κ3) is 5.70. The zero-order valence-electron chi connectivity index (χ0n) is 18.7. The van der Waals surface area contributed by atoms with Crippen molar-refractivity contribution >= 4 is 46.0 Å². The Morgan fingerprint density at radius 1 is 1.28 bits per heavy atom. The average molecular weight is 478 g/mol. The van der Waals surface area contributed by atoms with Crippen LogP contribution in [0.2, 0.25) is 5.02 Å². The van der Waals surface area contributed by atoms with Gasteiger partial charge in [-0.3, -0.25) is 14.2 Å². The molecule has 2 aromatic heterocycles. The molecular weight excluding hydrogens is 450 g/mol. The Kier molecular flexibility index (Phi) is 8.33. The molecule has 0 saturated heterocycles. The summed E-state index contributed by atoms with van der Waals surface area (Å²) < 4.78 is 8.77. The van der Waals surface area contributed by atoms with Crippen LogP contribution in [0.25, 0.3) is 10.9 Å². The lowest BCUT2D eigenvalue weighted by molar-refractivity contribution is -0.115.